The lowest BCUT2D eigenvalue weighted by Gasteiger charge is -2.33. The van der Waals surface area contributed by atoms with Gasteiger partial charge in [0.15, 0.2) is 0 Å². The Morgan fingerprint density at radius 3 is 1.22 bits per heavy atom. The summed E-state index contributed by atoms with van der Waals surface area (Å²) < 4.78 is 54.7. The molecule has 0 aliphatic carbocycles. The number of alkyl halides is 4. The van der Waals surface area contributed by atoms with Crippen molar-refractivity contribution in [2.45, 2.75) is 76.3 Å². The SMILES string of the molecule is C[C@H]1C[C@@H](c2ncc(-c3ccc(-c4ccc(-c5cnc([C@@H]6C[C@H](C)CN6C(=O)C(=O)N6CCC(F)(F)CC6)[nH]5)cc4)cc3)[nH]2)N(C(=O)C(=O)N2CCC(F)(F)CC2)C1. The highest BCUT2D eigenvalue weighted by Crippen LogP contribution is 2.38. The molecule has 4 amide bonds. The van der Waals surface area contributed by atoms with Crippen LogP contribution in [-0.2, 0) is 19.2 Å². The molecule has 306 valence electrons. The summed E-state index contributed by atoms with van der Waals surface area (Å²) in [5.74, 6) is -7.12. The predicted molar refractivity (Wildman–Crippen MR) is 205 cm³/mol. The average Bonchev–Trinajstić information content (AvgIpc) is 4.04. The fourth-order valence-electron chi connectivity index (χ4n) is 8.64. The van der Waals surface area contributed by atoms with Gasteiger partial charge in [0.2, 0.25) is 0 Å². The zero-order valence-electron chi connectivity index (χ0n) is 32.4. The Hall–Kier alpha value is -5.54. The van der Waals surface area contributed by atoms with E-state index in [0.29, 0.717) is 37.6 Å². The van der Waals surface area contributed by atoms with Gasteiger partial charge in [-0.15, -0.1) is 0 Å². The van der Waals surface area contributed by atoms with Crippen LogP contribution in [0.1, 0.15) is 76.1 Å². The number of likely N-dealkylation sites (tertiary alicyclic amines) is 4. The molecule has 0 radical (unpaired) electrons. The molecule has 4 saturated heterocycles. The summed E-state index contributed by atoms with van der Waals surface area (Å²) in [7, 11) is 0. The van der Waals surface area contributed by atoms with Gasteiger partial charge in [-0.25, -0.2) is 27.5 Å². The van der Waals surface area contributed by atoms with E-state index in [4.69, 9.17) is 0 Å². The molecule has 2 N–H and O–H groups in total. The molecule has 4 aliphatic heterocycles. The van der Waals surface area contributed by atoms with Crippen molar-refractivity contribution in [1.29, 1.82) is 0 Å². The Balaban J connectivity index is 0.904. The molecule has 58 heavy (non-hydrogen) atoms. The number of carbonyl (C=O) groups excluding carboxylic acids is 4. The Kier molecular flexibility index (Phi) is 10.4. The number of amides is 4. The molecule has 0 saturated carbocycles. The second-order valence-corrected chi connectivity index (χ2v) is 16.4. The monoisotopic (exact) mass is 802 g/mol. The number of piperidine rings is 2. The van der Waals surface area contributed by atoms with Gasteiger partial charge in [0, 0.05) is 65.0 Å². The molecule has 4 atom stereocenters. The van der Waals surface area contributed by atoms with Crippen LogP contribution in [-0.4, -0.2) is 114 Å². The standard InChI is InChI=1S/C42H46F4N8O4/c1-25-19-33(53(23-25)39(57)37(55)51-15-11-41(43,44)12-16-51)35-47-21-31(49-35)29-7-3-27(4-8-29)28-5-9-30(10-6-28)32-22-48-36(50-32)34-20-26(2)24-54(34)40(58)38(56)52-17-13-42(45,46)14-18-52/h3-10,21-22,25-26,33-34H,11-20,23-24H2,1-2H3,(H,47,49)(H,48,50)/t25-,26-,33-,34-/m0/s1. The Morgan fingerprint density at radius 2 is 0.879 bits per heavy atom. The van der Waals surface area contributed by atoms with Gasteiger partial charge >= 0.3 is 23.6 Å². The maximum atomic E-state index is 13.7. The number of H-pyrrole nitrogens is 2. The highest BCUT2D eigenvalue weighted by atomic mass is 19.3. The van der Waals surface area contributed by atoms with Crippen LogP contribution in [0.5, 0.6) is 0 Å². The van der Waals surface area contributed by atoms with Crippen LogP contribution in [0.3, 0.4) is 0 Å². The van der Waals surface area contributed by atoms with Crippen LogP contribution >= 0.6 is 0 Å². The first kappa shape index (κ1) is 39.3. The van der Waals surface area contributed by atoms with Gasteiger partial charge in [0.25, 0.3) is 11.8 Å². The molecule has 4 fully saturated rings. The van der Waals surface area contributed by atoms with Gasteiger partial charge in [-0.2, -0.15) is 0 Å². The molecule has 12 nitrogen and oxygen atoms in total. The highest BCUT2D eigenvalue weighted by molar-refractivity contribution is 6.35. The van der Waals surface area contributed by atoms with Gasteiger partial charge in [0.05, 0.1) is 35.9 Å². The third-order valence-electron chi connectivity index (χ3n) is 12.0. The van der Waals surface area contributed by atoms with Gasteiger partial charge in [-0.05, 0) is 46.9 Å². The van der Waals surface area contributed by atoms with Gasteiger partial charge < -0.3 is 29.6 Å². The number of nitrogens with one attached hydrogen (secondary N) is 2. The van der Waals surface area contributed by atoms with E-state index in [-0.39, 0.29) is 38.0 Å². The van der Waals surface area contributed by atoms with Crippen LogP contribution < -0.4 is 0 Å². The van der Waals surface area contributed by atoms with E-state index in [0.717, 1.165) is 33.6 Å². The number of aromatic amines is 2. The zero-order chi connectivity index (χ0) is 40.9. The summed E-state index contributed by atoms with van der Waals surface area (Å²) in [5.41, 5.74) is 5.22. The number of benzene rings is 2. The second-order valence-electron chi connectivity index (χ2n) is 16.4. The molecule has 2 aromatic heterocycles. The van der Waals surface area contributed by atoms with E-state index in [2.05, 4.69) is 19.9 Å². The van der Waals surface area contributed by atoms with Crippen LogP contribution in [0.25, 0.3) is 33.6 Å². The number of halogens is 4. The fourth-order valence-corrected chi connectivity index (χ4v) is 8.64. The zero-order valence-corrected chi connectivity index (χ0v) is 32.4. The van der Waals surface area contributed by atoms with Crippen molar-refractivity contribution in [3.8, 4) is 33.6 Å². The summed E-state index contributed by atoms with van der Waals surface area (Å²) in [4.78, 5) is 74.0. The largest absolute Gasteiger partial charge is 0.340 e. The summed E-state index contributed by atoms with van der Waals surface area (Å²) in [6.45, 7) is 4.17. The first-order chi connectivity index (χ1) is 27.6. The maximum absolute atomic E-state index is 13.7. The molecule has 6 heterocycles. The molecule has 8 rings (SSSR count). The van der Waals surface area contributed by atoms with Crippen molar-refractivity contribution < 1.29 is 36.7 Å². The predicted octanol–water partition coefficient (Wildman–Crippen LogP) is 6.47. The highest BCUT2D eigenvalue weighted by Gasteiger charge is 2.44. The minimum absolute atomic E-state index is 0.129. The minimum Gasteiger partial charge on any atom is -0.340 e. The normalized spacial score (nSPS) is 24.3. The third kappa shape index (κ3) is 7.97. The molecule has 16 heteroatoms. The average molecular weight is 803 g/mol. The number of rotatable bonds is 5. The number of hydrogen-bond acceptors (Lipinski definition) is 6. The Labute approximate surface area is 333 Å². The maximum Gasteiger partial charge on any atom is 0.312 e. The lowest BCUT2D eigenvalue weighted by molar-refractivity contribution is -0.155. The number of carbonyl (C=O) groups is 4. The van der Waals surface area contributed by atoms with E-state index in [1.807, 2.05) is 62.4 Å². The Bertz CT molecular complexity index is 2010. The van der Waals surface area contributed by atoms with E-state index < -0.39 is 73.2 Å². The van der Waals surface area contributed by atoms with E-state index in [9.17, 15) is 36.7 Å². The Morgan fingerprint density at radius 1 is 0.552 bits per heavy atom. The van der Waals surface area contributed by atoms with Crippen molar-refractivity contribution in [1.82, 2.24) is 39.5 Å². The fraction of sp³-hybridized carbons (Fsp3) is 0.476. The van der Waals surface area contributed by atoms with Crippen LogP contribution in [0.2, 0.25) is 0 Å². The first-order valence-corrected chi connectivity index (χ1v) is 19.9. The minimum atomic E-state index is -2.82. The number of hydrogen-bond donors (Lipinski definition) is 2. The quantitative estimate of drug-likeness (QED) is 0.175. The van der Waals surface area contributed by atoms with Gasteiger partial charge in [0.1, 0.15) is 11.6 Å². The molecular formula is C42H46F4N8O4. The molecule has 0 bridgehead atoms. The first-order valence-electron chi connectivity index (χ1n) is 19.9. The summed E-state index contributed by atoms with van der Waals surface area (Å²) in [5, 5.41) is 0. The summed E-state index contributed by atoms with van der Waals surface area (Å²) in [6.07, 6.45) is 2.85. The number of aromatic nitrogens is 4. The number of imidazole rings is 2. The van der Waals surface area contributed by atoms with Crippen molar-refractivity contribution in [3.05, 3.63) is 72.6 Å². The second kappa shape index (κ2) is 15.3. The van der Waals surface area contributed by atoms with Crippen molar-refractivity contribution in [2.75, 3.05) is 39.3 Å². The smallest absolute Gasteiger partial charge is 0.312 e. The lowest BCUT2D eigenvalue weighted by atomic mass is 10.0. The molecule has 2 aromatic carbocycles. The summed E-state index contributed by atoms with van der Waals surface area (Å²) in [6, 6.07) is 15.0. The molecule has 4 aliphatic rings. The topological polar surface area (TPSA) is 139 Å². The van der Waals surface area contributed by atoms with E-state index in [1.165, 1.54) is 19.6 Å². The van der Waals surface area contributed by atoms with Gasteiger partial charge in [-0.3, -0.25) is 19.2 Å². The molecule has 0 spiro atoms. The van der Waals surface area contributed by atoms with E-state index in [1.54, 1.807) is 12.4 Å². The number of nitrogens with zero attached hydrogens (tertiary/aromatic N) is 6. The van der Waals surface area contributed by atoms with E-state index >= 15 is 0 Å². The van der Waals surface area contributed by atoms with Gasteiger partial charge in [-0.1, -0.05) is 62.4 Å². The van der Waals surface area contributed by atoms with Crippen molar-refractivity contribution in [3.63, 3.8) is 0 Å². The van der Waals surface area contributed by atoms with Crippen LogP contribution in [0.4, 0.5) is 17.6 Å². The third-order valence-corrected chi connectivity index (χ3v) is 12.0. The summed E-state index contributed by atoms with van der Waals surface area (Å²) >= 11 is 0. The molecule has 0 unspecified atom stereocenters. The van der Waals surface area contributed by atoms with Crippen molar-refractivity contribution >= 4 is 23.6 Å². The van der Waals surface area contributed by atoms with Crippen molar-refractivity contribution in [2.24, 2.45) is 11.8 Å². The molecular weight excluding hydrogens is 757 g/mol. The van der Waals surface area contributed by atoms with Crippen LogP contribution in [0, 0.1) is 11.8 Å². The van der Waals surface area contributed by atoms with Crippen LogP contribution in [0.15, 0.2) is 60.9 Å². The lowest BCUT2D eigenvalue weighted by Crippen LogP contribution is -2.49. The molecule has 4 aromatic rings.